The van der Waals surface area contributed by atoms with Crippen LogP contribution in [-0.2, 0) is 13.1 Å². The Morgan fingerprint density at radius 2 is 2.24 bits per heavy atom. The second-order valence-corrected chi connectivity index (χ2v) is 3.57. The molecule has 0 aliphatic rings. The van der Waals surface area contributed by atoms with Crippen LogP contribution in [0.25, 0.3) is 0 Å². The predicted molar refractivity (Wildman–Crippen MR) is 66.0 cm³/mol. The topological polar surface area (TPSA) is 52.0 Å². The van der Waals surface area contributed by atoms with Gasteiger partial charge in [-0.3, -0.25) is 0 Å². The fraction of sp³-hybridized carbons (Fsp3) is 0.333. The molecule has 0 saturated carbocycles. The molecule has 0 fully saturated rings. The maximum absolute atomic E-state index is 5.00. The summed E-state index contributed by atoms with van der Waals surface area (Å²) in [4.78, 5) is 8.42. The van der Waals surface area contributed by atoms with E-state index < -0.39 is 0 Å². The Balaban J connectivity index is 1.97. The quantitative estimate of drug-likeness (QED) is 0.855. The van der Waals surface area contributed by atoms with Gasteiger partial charge in [0.05, 0.1) is 25.5 Å². The minimum absolute atomic E-state index is 0.616. The van der Waals surface area contributed by atoms with Crippen molar-refractivity contribution in [3.63, 3.8) is 0 Å². The third-order valence-electron chi connectivity index (χ3n) is 2.54. The van der Waals surface area contributed by atoms with Gasteiger partial charge in [0.1, 0.15) is 5.82 Å². The molecule has 0 radical (unpaired) electrons. The Morgan fingerprint density at radius 1 is 1.35 bits per heavy atom. The van der Waals surface area contributed by atoms with Gasteiger partial charge in [-0.25, -0.2) is 9.97 Å². The van der Waals surface area contributed by atoms with Crippen molar-refractivity contribution >= 4 is 5.69 Å². The second kappa shape index (κ2) is 5.34. The highest BCUT2D eigenvalue weighted by Gasteiger charge is 2.01. The van der Waals surface area contributed by atoms with Crippen LogP contribution in [0, 0.1) is 0 Å². The van der Waals surface area contributed by atoms with Crippen LogP contribution in [0.3, 0.4) is 0 Å². The van der Waals surface area contributed by atoms with E-state index in [2.05, 4.69) is 26.8 Å². The van der Waals surface area contributed by atoms with Crippen LogP contribution in [0.5, 0.6) is 5.88 Å². The standard InChI is InChI=1S/C12H16N4O/c1-3-16-7-6-13-11(16)9-14-10-4-5-12(17-2)15-8-10/h4-8,14H,3,9H2,1-2H3. The molecule has 0 spiro atoms. The van der Waals surface area contributed by atoms with Gasteiger partial charge in [-0.15, -0.1) is 0 Å². The van der Waals surface area contributed by atoms with E-state index in [-0.39, 0.29) is 0 Å². The van der Waals surface area contributed by atoms with Crippen molar-refractivity contribution < 1.29 is 4.74 Å². The number of imidazole rings is 1. The molecule has 0 unspecified atom stereocenters. The van der Waals surface area contributed by atoms with Crippen LogP contribution >= 0.6 is 0 Å². The molecule has 0 aliphatic carbocycles. The van der Waals surface area contributed by atoms with E-state index in [1.165, 1.54) is 0 Å². The molecule has 2 rings (SSSR count). The highest BCUT2D eigenvalue weighted by atomic mass is 16.5. The lowest BCUT2D eigenvalue weighted by Crippen LogP contribution is -2.07. The SMILES string of the molecule is CCn1ccnc1CNc1ccc(OC)nc1. The number of aryl methyl sites for hydroxylation is 1. The average Bonchev–Trinajstić information content (AvgIpc) is 2.84. The van der Waals surface area contributed by atoms with Crippen LogP contribution in [-0.4, -0.2) is 21.6 Å². The molecule has 5 heteroatoms. The van der Waals surface area contributed by atoms with Crippen molar-refractivity contribution in [2.75, 3.05) is 12.4 Å². The summed E-state index contributed by atoms with van der Waals surface area (Å²) in [6.07, 6.45) is 5.54. The van der Waals surface area contributed by atoms with Gasteiger partial charge in [-0.05, 0) is 13.0 Å². The molecule has 17 heavy (non-hydrogen) atoms. The molecule has 2 aromatic rings. The van der Waals surface area contributed by atoms with Crippen molar-refractivity contribution in [1.29, 1.82) is 0 Å². The smallest absolute Gasteiger partial charge is 0.213 e. The van der Waals surface area contributed by atoms with Crippen LogP contribution in [0.2, 0.25) is 0 Å². The number of nitrogens with zero attached hydrogens (tertiary/aromatic N) is 3. The summed E-state index contributed by atoms with van der Waals surface area (Å²) >= 11 is 0. The number of aromatic nitrogens is 3. The molecule has 2 aromatic heterocycles. The lowest BCUT2D eigenvalue weighted by atomic mass is 10.4. The molecular formula is C12H16N4O. The highest BCUT2D eigenvalue weighted by molar-refractivity contribution is 5.42. The van der Waals surface area contributed by atoms with E-state index in [1.807, 2.05) is 24.5 Å². The molecule has 0 saturated heterocycles. The normalized spacial score (nSPS) is 10.2. The Hall–Kier alpha value is -2.04. The predicted octanol–water partition coefficient (Wildman–Crippen LogP) is 1.92. The first-order valence-corrected chi connectivity index (χ1v) is 5.57. The van der Waals surface area contributed by atoms with Gasteiger partial charge in [0.15, 0.2) is 0 Å². The molecule has 5 nitrogen and oxygen atoms in total. The van der Waals surface area contributed by atoms with Gasteiger partial charge in [-0.1, -0.05) is 0 Å². The van der Waals surface area contributed by atoms with Crippen LogP contribution in [0.1, 0.15) is 12.7 Å². The van der Waals surface area contributed by atoms with Crippen LogP contribution < -0.4 is 10.1 Å². The van der Waals surface area contributed by atoms with Gasteiger partial charge in [0.2, 0.25) is 5.88 Å². The molecule has 1 N–H and O–H groups in total. The van der Waals surface area contributed by atoms with Crippen LogP contribution in [0.15, 0.2) is 30.7 Å². The summed E-state index contributed by atoms with van der Waals surface area (Å²) in [5.74, 6) is 1.63. The summed E-state index contributed by atoms with van der Waals surface area (Å²) in [5, 5.41) is 3.27. The van der Waals surface area contributed by atoms with E-state index in [0.717, 1.165) is 18.1 Å². The Bertz CT molecular complexity index is 464. The zero-order valence-electron chi connectivity index (χ0n) is 10.1. The lowest BCUT2D eigenvalue weighted by Gasteiger charge is -2.08. The zero-order valence-corrected chi connectivity index (χ0v) is 10.1. The number of hydrogen-bond donors (Lipinski definition) is 1. The first kappa shape index (κ1) is 11.4. The first-order chi connectivity index (χ1) is 8.33. The van der Waals surface area contributed by atoms with E-state index in [9.17, 15) is 0 Å². The lowest BCUT2D eigenvalue weighted by molar-refractivity contribution is 0.398. The molecule has 2 heterocycles. The summed E-state index contributed by atoms with van der Waals surface area (Å²) < 4.78 is 7.10. The number of anilines is 1. The molecule has 0 aliphatic heterocycles. The number of methoxy groups -OCH3 is 1. The van der Waals surface area contributed by atoms with E-state index in [1.54, 1.807) is 13.3 Å². The first-order valence-electron chi connectivity index (χ1n) is 5.57. The zero-order chi connectivity index (χ0) is 12.1. The van der Waals surface area contributed by atoms with Crippen molar-refractivity contribution in [2.45, 2.75) is 20.0 Å². The fourth-order valence-electron chi connectivity index (χ4n) is 1.58. The maximum Gasteiger partial charge on any atom is 0.213 e. The number of hydrogen-bond acceptors (Lipinski definition) is 4. The van der Waals surface area contributed by atoms with E-state index in [4.69, 9.17) is 4.74 Å². The summed E-state index contributed by atoms with van der Waals surface area (Å²) in [7, 11) is 1.60. The number of ether oxygens (including phenoxy) is 1. The van der Waals surface area contributed by atoms with E-state index >= 15 is 0 Å². The maximum atomic E-state index is 5.00. The number of pyridine rings is 1. The van der Waals surface area contributed by atoms with Gasteiger partial charge in [-0.2, -0.15) is 0 Å². The number of rotatable bonds is 5. The largest absolute Gasteiger partial charge is 0.481 e. The summed E-state index contributed by atoms with van der Waals surface area (Å²) in [6.45, 7) is 3.72. The Kier molecular flexibility index (Phi) is 3.59. The average molecular weight is 232 g/mol. The minimum Gasteiger partial charge on any atom is -0.481 e. The van der Waals surface area contributed by atoms with Crippen molar-refractivity contribution in [3.8, 4) is 5.88 Å². The second-order valence-electron chi connectivity index (χ2n) is 3.57. The van der Waals surface area contributed by atoms with Crippen molar-refractivity contribution in [3.05, 3.63) is 36.5 Å². The minimum atomic E-state index is 0.616. The molecule has 0 atom stereocenters. The molecule has 0 bridgehead atoms. The van der Waals surface area contributed by atoms with Crippen LogP contribution in [0.4, 0.5) is 5.69 Å². The summed E-state index contributed by atoms with van der Waals surface area (Å²) in [6, 6.07) is 3.76. The Morgan fingerprint density at radius 3 is 2.88 bits per heavy atom. The van der Waals surface area contributed by atoms with Gasteiger partial charge < -0.3 is 14.6 Å². The third kappa shape index (κ3) is 2.75. The van der Waals surface area contributed by atoms with Gasteiger partial charge in [0, 0.05) is 25.0 Å². The van der Waals surface area contributed by atoms with Gasteiger partial charge in [0.25, 0.3) is 0 Å². The highest BCUT2D eigenvalue weighted by Crippen LogP contribution is 2.11. The third-order valence-corrected chi connectivity index (χ3v) is 2.54. The van der Waals surface area contributed by atoms with Gasteiger partial charge >= 0.3 is 0 Å². The number of nitrogens with one attached hydrogen (secondary N) is 1. The monoisotopic (exact) mass is 232 g/mol. The van der Waals surface area contributed by atoms with E-state index in [0.29, 0.717) is 12.4 Å². The van der Waals surface area contributed by atoms with Crippen molar-refractivity contribution in [2.24, 2.45) is 0 Å². The molecular weight excluding hydrogens is 216 g/mol. The molecule has 90 valence electrons. The molecule has 0 amide bonds. The molecule has 0 aromatic carbocycles. The summed E-state index contributed by atoms with van der Waals surface area (Å²) in [5.41, 5.74) is 0.955. The van der Waals surface area contributed by atoms with Crippen molar-refractivity contribution in [1.82, 2.24) is 14.5 Å². The fourth-order valence-corrected chi connectivity index (χ4v) is 1.58. The Labute approximate surface area is 100 Å².